The summed E-state index contributed by atoms with van der Waals surface area (Å²) in [5, 5.41) is 17.1. The molecular weight excluding hydrogens is 392 g/mol. The maximum absolute atomic E-state index is 13.5. The van der Waals surface area contributed by atoms with Crippen molar-refractivity contribution in [2.45, 2.75) is 12.6 Å². The molecule has 0 fully saturated rings. The Morgan fingerprint density at radius 2 is 1.93 bits per heavy atom. The van der Waals surface area contributed by atoms with E-state index in [1.165, 1.54) is 23.0 Å². The van der Waals surface area contributed by atoms with E-state index in [1.807, 2.05) is 30.3 Å². The summed E-state index contributed by atoms with van der Waals surface area (Å²) in [6, 6.07) is 13.5. The topological polar surface area (TPSA) is 67.2 Å². The summed E-state index contributed by atoms with van der Waals surface area (Å²) in [5.41, 5.74) is 1.12. The van der Waals surface area contributed by atoms with Gasteiger partial charge < -0.3 is 10.4 Å². The molecule has 0 saturated carbocycles. The van der Waals surface area contributed by atoms with Crippen molar-refractivity contribution in [3.05, 3.63) is 92.1 Å². The van der Waals surface area contributed by atoms with Crippen molar-refractivity contribution < 1.29 is 9.50 Å². The first-order valence-electron chi connectivity index (χ1n) is 8.12. The Kier molecular flexibility index (Phi) is 6.11. The molecular formula is C19H16Cl2FN3O2. The summed E-state index contributed by atoms with van der Waals surface area (Å²) < 4.78 is 14.8. The van der Waals surface area contributed by atoms with Gasteiger partial charge in [-0.2, -0.15) is 5.10 Å². The van der Waals surface area contributed by atoms with Crippen LogP contribution in [0.2, 0.25) is 10.0 Å². The fourth-order valence-electron chi connectivity index (χ4n) is 2.50. The summed E-state index contributed by atoms with van der Waals surface area (Å²) in [7, 11) is 0. The molecule has 5 nitrogen and oxygen atoms in total. The second kappa shape index (κ2) is 8.52. The van der Waals surface area contributed by atoms with Crippen molar-refractivity contribution in [3.8, 4) is 0 Å². The smallest absolute Gasteiger partial charge is 0.287 e. The van der Waals surface area contributed by atoms with Gasteiger partial charge in [-0.3, -0.25) is 4.79 Å². The summed E-state index contributed by atoms with van der Waals surface area (Å²) in [6.07, 6.45) is 0.404. The fourth-order valence-corrected chi connectivity index (χ4v) is 2.83. The summed E-state index contributed by atoms with van der Waals surface area (Å²) in [4.78, 5) is 12.4. The van der Waals surface area contributed by atoms with Crippen molar-refractivity contribution in [1.82, 2.24) is 9.78 Å². The maximum atomic E-state index is 13.5. The Bertz CT molecular complexity index is 996. The molecule has 0 spiro atoms. The number of nitrogens with one attached hydrogen (secondary N) is 1. The molecule has 0 bridgehead atoms. The minimum absolute atomic E-state index is 0.0185. The highest BCUT2D eigenvalue weighted by molar-refractivity contribution is 6.33. The van der Waals surface area contributed by atoms with Gasteiger partial charge in [0, 0.05) is 6.54 Å². The average molecular weight is 408 g/mol. The van der Waals surface area contributed by atoms with Gasteiger partial charge in [-0.05, 0) is 23.3 Å². The first-order chi connectivity index (χ1) is 13.0. The summed E-state index contributed by atoms with van der Waals surface area (Å²) in [6.45, 7) is 0.316. The van der Waals surface area contributed by atoms with Gasteiger partial charge in [-0.1, -0.05) is 59.6 Å². The molecule has 0 radical (unpaired) electrons. The SMILES string of the molecule is O=c1c(Cl)c(NCC(O)c2ccc(Cl)c(F)c2)cnn1Cc1ccccc1. The third kappa shape index (κ3) is 4.66. The van der Waals surface area contributed by atoms with E-state index >= 15 is 0 Å². The van der Waals surface area contributed by atoms with Crippen LogP contribution in [0, 0.1) is 5.82 Å². The van der Waals surface area contributed by atoms with Gasteiger partial charge in [0.25, 0.3) is 5.56 Å². The van der Waals surface area contributed by atoms with E-state index in [9.17, 15) is 14.3 Å². The van der Waals surface area contributed by atoms with Crippen LogP contribution in [-0.4, -0.2) is 21.4 Å². The molecule has 1 aromatic heterocycles. The zero-order valence-corrected chi connectivity index (χ0v) is 15.6. The van der Waals surface area contributed by atoms with E-state index in [-0.39, 0.29) is 16.6 Å². The lowest BCUT2D eigenvalue weighted by atomic mass is 10.1. The molecule has 0 aliphatic carbocycles. The Hall–Kier alpha value is -2.41. The monoisotopic (exact) mass is 407 g/mol. The molecule has 3 rings (SSSR count). The molecule has 140 valence electrons. The van der Waals surface area contributed by atoms with Crippen LogP contribution in [0.1, 0.15) is 17.2 Å². The zero-order chi connectivity index (χ0) is 19.4. The number of anilines is 1. The lowest BCUT2D eigenvalue weighted by Crippen LogP contribution is -2.25. The third-order valence-electron chi connectivity index (χ3n) is 3.97. The Labute approximate surface area is 165 Å². The highest BCUT2D eigenvalue weighted by Crippen LogP contribution is 2.22. The molecule has 3 aromatic rings. The standard InChI is InChI=1S/C19H16Cl2FN3O2/c20-14-7-6-13(8-15(14)22)17(26)10-23-16-9-24-25(19(27)18(16)21)11-12-4-2-1-3-5-12/h1-9,17,23,26H,10-11H2. The van der Waals surface area contributed by atoms with Crippen molar-refractivity contribution in [2.24, 2.45) is 0 Å². The largest absolute Gasteiger partial charge is 0.387 e. The van der Waals surface area contributed by atoms with E-state index in [0.717, 1.165) is 11.6 Å². The summed E-state index contributed by atoms with van der Waals surface area (Å²) in [5.74, 6) is -0.614. The van der Waals surface area contributed by atoms with Gasteiger partial charge >= 0.3 is 0 Å². The van der Waals surface area contributed by atoms with Crippen LogP contribution >= 0.6 is 23.2 Å². The van der Waals surface area contributed by atoms with Crippen LogP contribution in [0.5, 0.6) is 0 Å². The van der Waals surface area contributed by atoms with Gasteiger partial charge in [0.2, 0.25) is 0 Å². The summed E-state index contributed by atoms with van der Waals surface area (Å²) >= 11 is 11.8. The number of benzene rings is 2. The Balaban J connectivity index is 1.71. The second-order valence-corrected chi connectivity index (χ2v) is 6.68. The molecule has 0 aliphatic heterocycles. The normalized spacial score (nSPS) is 12.0. The second-order valence-electron chi connectivity index (χ2n) is 5.89. The number of hydrogen-bond acceptors (Lipinski definition) is 4. The molecule has 8 heteroatoms. The van der Waals surface area contributed by atoms with Crippen molar-refractivity contribution in [2.75, 3.05) is 11.9 Å². The van der Waals surface area contributed by atoms with E-state index in [2.05, 4.69) is 10.4 Å². The minimum atomic E-state index is -1.01. The van der Waals surface area contributed by atoms with Gasteiger partial charge in [0.05, 0.1) is 29.6 Å². The lowest BCUT2D eigenvalue weighted by Gasteiger charge is -2.15. The first kappa shape index (κ1) is 19.4. The molecule has 0 aliphatic rings. The van der Waals surface area contributed by atoms with Crippen LogP contribution in [0.4, 0.5) is 10.1 Å². The third-order valence-corrected chi connectivity index (χ3v) is 4.65. The predicted octanol–water partition coefficient (Wildman–Crippen LogP) is 3.88. The Morgan fingerprint density at radius 3 is 2.63 bits per heavy atom. The number of halogens is 3. The highest BCUT2D eigenvalue weighted by atomic mass is 35.5. The van der Waals surface area contributed by atoms with Crippen molar-refractivity contribution in [3.63, 3.8) is 0 Å². The van der Waals surface area contributed by atoms with Gasteiger partial charge in [0.15, 0.2) is 0 Å². The molecule has 2 aromatic carbocycles. The quantitative estimate of drug-likeness (QED) is 0.650. The number of aliphatic hydroxyl groups is 1. The number of rotatable bonds is 6. The van der Waals surface area contributed by atoms with Gasteiger partial charge in [0.1, 0.15) is 10.8 Å². The van der Waals surface area contributed by atoms with E-state index in [4.69, 9.17) is 23.2 Å². The van der Waals surface area contributed by atoms with Crippen LogP contribution in [0.25, 0.3) is 0 Å². The number of aromatic nitrogens is 2. The van der Waals surface area contributed by atoms with Crippen LogP contribution < -0.4 is 10.9 Å². The number of hydrogen-bond donors (Lipinski definition) is 2. The molecule has 0 saturated heterocycles. The van der Waals surface area contributed by atoms with Gasteiger partial charge in [-0.15, -0.1) is 0 Å². The van der Waals surface area contributed by atoms with Crippen LogP contribution in [0.15, 0.2) is 59.5 Å². The fraction of sp³-hybridized carbons (Fsp3) is 0.158. The molecule has 0 amide bonds. The highest BCUT2D eigenvalue weighted by Gasteiger charge is 2.13. The minimum Gasteiger partial charge on any atom is -0.387 e. The molecule has 2 N–H and O–H groups in total. The maximum Gasteiger partial charge on any atom is 0.287 e. The average Bonchev–Trinajstić information content (AvgIpc) is 2.67. The van der Waals surface area contributed by atoms with Crippen LogP contribution in [-0.2, 0) is 6.54 Å². The molecule has 1 heterocycles. The Morgan fingerprint density at radius 1 is 1.19 bits per heavy atom. The lowest BCUT2D eigenvalue weighted by molar-refractivity contribution is 0.191. The van der Waals surface area contributed by atoms with Crippen molar-refractivity contribution >= 4 is 28.9 Å². The molecule has 27 heavy (non-hydrogen) atoms. The first-order valence-corrected chi connectivity index (χ1v) is 8.87. The van der Waals surface area contributed by atoms with E-state index in [1.54, 1.807) is 0 Å². The predicted molar refractivity (Wildman–Crippen MR) is 104 cm³/mol. The van der Waals surface area contributed by atoms with Gasteiger partial charge in [-0.25, -0.2) is 9.07 Å². The van der Waals surface area contributed by atoms with Crippen molar-refractivity contribution in [1.29, 1.82) is 0 Å². The van der Waals surface area contributed by atoms with Crippen LogP contribution in [0.3, 0.4) is 0 Å². The molecule has 1 atom stereocenters. The van der Waals surface area contributed by atoms with E-state index in [0.29, 0.717) is 17.8 Å². The molecule has 1 unspecified atom stereocenters. The number of aliphatic hydroxyl groups excluding tert-OH is 1. The van der Waals surface area contributed by atoms with E-state index < -0.39 is 17.5 Å². The number of nitrogens with zero attached hydrogens (tertiary/aromatic N) is 2. The zero-order valence-electron chi connectivity index (χ0n) is 14.1.